The van der Waals surface area contributed by atoms with Crippen LogP contribution in [0.4, 0.5) is 18.9 Å². The minimum absolute atomic E-state index is 0.0973. The molecule has 0 radical (unpaired) electrons. The SMILES string of the molecule is CC.CNc1ccc2cc[nH]c2c1.O=C/C=C/c1ccc(C(F)(F)P)cc1F. The number of aromatic amines is 1. The highest BCUT2D eigenvalue weighted by molar-refractivity contribution is 7.17. The van der Waals surface area contributed by atoms with Gasteiger partial charge in [0.15, 0.2) is 0 Å². The largest absolute Gasteiger partial charge is 0.388 e. The molecule has 150 valence electrons. The van der Waals surface area contributed by atoms with Gasteiger partial charge in [-0.3, -0.25) is 4.79 Å². The molecule has 0 fully saturated rings. The van der Waals surface area contributed by atoms with Crippen molar-refractivity contribution in [3.63, 3.8) is 0 Å². The summed E-state index contributed by atoms with van der Waals surface area (Å²) in [7, 11) is 3.25. The fraction of sp³-hybridized carbons (Fsp3) is 0.190. The van der Waals surface area contributed by atoms with Crippen molar-refractivity contribution in [2.45, 2.75) is 19.5 Å². The van der Waals surface area contributed by atoms with Crippen LogP contribution in [0.15, 0.2) is 54.7 Å². The van der Waals surface area contributed by atoms with E-state index >= 15 is 0 Å². The number of hydrogen-bond acceptors (Lipinski definition) is 2. The molecular formula is C21H24F3N2OP. The van der Waals surface area contributed by atoms with Crippen molar-refractivity contribution in [1.82, 2.24) is 4.98 Å². The molecule has 2 N–H and O–H groups in total. The number of halogens is 3. The number of alkyl halides is 2. The molecule has 0 aliphatic heterocycles. The fourth-order valence-electron chi connectivity index (χ4n) is 2.22. The van der Waals surface area contributed by atoms with Gasteiger partial charge in [0.25, 0.3) is 5.66 Å². The van der Waals surface area contributed by atoms with Crippen LogP contribution in [0.3, 0.4) is 0 Å². The van der Waals surface area contributed by atoms with Crippen LogP contribution in [0, 0.1) is 5.82 Å². The maximum atomic E-state index is 13.2. The van der Waals surface area contributed by atoms with Crippen molar-refractivity contribution in [1.29, 1.82) is 0 Å². The van der Waals surface area contributed by atoms with Crippen molar-refractivity contribution in [2.24, 2.45) is 0 Å². The zero-order valence-electron chi connectivity index (χ0n) is 16.0. The Hall–Kier alpha value is -2.59. The smallest absolute Gasteiger partial charge is 0.283 e. The average molecular weight is 408 g/mol. The third kappa shape index (κ3) is 6.86. The van der Waals surface area contributed by atoms with E-state index in [0.29, 0.717) is 6.29 Å². The second kappa shape index (κ2) is 11.3. The van der Waals surface area contributed by atoms with Gasteiger partial charge in [-0.2, -0.15) is 8.78 Å². The predicted molar refractivity (Wildman–Crippen MR) is 114 cm³/mol. The standard InChI is InChI=1S/C10H8F3OP.C9H10N2.C2H6/c11-9-6-8(10(12,13)15)4-3-7(9)2-1-5-14;1-10-8-3-2-7-4-5-11-9(7)6-8;1-2/h1-6H,15H2;2-6,10-11H,1H3;1-2H3/b2-1+;;. The van der Waals surface area contributed by atoms with Gasteiger partial charge >= 0.3 is 0 Å². The zero-order valence-corrected chi connectivity index (χ0v) is 17.1. The Morgan fingerprint density at radius 1 is 1.11 bits per heavy atom. The van der Waals surface area contributed by atoms with Crippen LogP contribution < -0.4 is 5.32 Å². The third-order valence-electron chi connectivity index (χ3n) is 3.58. The van der Waals surface area contributed by atoms with Crippen LogP contribution in [0.1, 0.15) is 25.0 Å². The first-order chi connectivity index (χ1) is 13.3. The number of carbonyl (C=O) groups excluding carboxylic acids is 1. The minimum atomic E-state index is -3.15. The van der Waals surface area contributed by atoms with E-state index < -0.39 is 17.0 Å². The summed E-state index contributed by atoms with van der Waals surface area (Å²) in [5, 5.41) is 4.34. The van der Waals surface area contributed by atoms with Crippen LogP contribution in [-0.4, -0.2) is 18.3 Å². The Kier molecular flexibility index (Phi) is 9.46. The Morgan fingerprint density at radius 2 is 1.82 bits per heavy atom. The highest BCUT2D eigenvalue weighted by Gasteiger charge is 2.25. The van der Waals surface area contributed by atoms with Gasteiger partial charge < -0.3 is 10.3 Å². The molecule has 0 aliphatic rings. The summed E-state index contributed by atoms with van der Waals surface area (Å²) >= 11 is 0. The molecule has 7 heteroatoms. The molecule has 1 unspecified atom stereocenters. The number of carbonyl (C=O) groups is 1. The maximum Gasteiger partial charge on any atom is 0.283 e. The lowest BCUT2D eigenvalue weighted by Crippen LogP contribution is -2.03. The van der Waals surface area contributed by atoms with Gasteiger partial charge in [0.2, 0.25) is 0 Å². The van der Waals surface area contributed by atoms with Crippen molar-refractivity contribution in [2.75, 3.05) is 12.4 Å². The van der Waals surface area contributed by atoms with Gasteiger partial charge in [0.1, 0.15) is 12.1 Å². The summed E-state index contributed by atoms with van der Waals surface area (Å²) in [5.41, 5.74) is -1.15. The third-order valence-corrected chi connectivity index (χ3v) is 3.92. The lowest BCUT2D eigenvalue weighted by atomic mass is 10.1. The highest BCUT2D eigenvalue weighted by atomic mass is 31.0. The molecule has 0 saturated carbocycles. The summed E-state index contributed by atoms with van der Waals surface area (Å²) in [6, 6.07) is 11.4. The normalized spacial score (nSPS) is 10.7. The van der Waals surface area contributed by atoms with Gasteiger partial charge in [-0.25, -0.2) is 4.39 Å². The molecule has 0 bridgehead atoms. The zero-order chi connectivity index (χ0) is 21.2. The molecule has 0 saturated heterocycles. The van der Waals surface area contributed by atoms with Crippen molar-refractivity contribution in [3.8, 4) is 0 Å². The molecular weight excluding hydrogens is 384 g/mol. The number of nitrogens with one attached hydrogen (secondary N) is 2. The van der Waals surface area contributed by atoms with Crippen LogP contribution in [0.25, 0.3) is 17.0 Å². The fourth-order valence-corrected chi connectivity index (χ4v) is 2.40. The molecule has 1 aromatic heterocycles. The quantitative estimate of drug-likeness (QED) is 0.307. The van der Waals surface area contributed by atoms with E-state index in [9.17, 15) is 18.0 Å². The monoisotopic (exact) mass is 408 g/mol. The molecule has 2 aromatic carbocycles. The van der Waals surface area contributed by atoms with Crippen molar-refractivity contribution >= 4 is 38.2 Å². The van der Waals surface area contributed by atoms with E-state index in [4.69, 9.17) is 0 Å². The number of fused-ring (bicyclic) bond motifs is 1. The number of hydrogen-bond donors (Lipinski definition) is 2. The minimum Gasteiger partial charge on any atom is -0.388 e. The number of benzene rings is 2. The average Bonchev–Trinajstić information content (AvgIpc) is 3.16. The molecule has 1 heterocycles. The van der Waals surface area contributed by atoms with Crippen molar-refractivity contribution < 1.29 is 18.0 Å². The Bertz CT molecular complexity index is 917. The number of aldehydes is 1. The van der Waals surface area contributed by atoms with E-state index in [2.05, 4.69) is 34.6 Å². The molecule has 0 aliphatic carbocycles. The molecule has 0 amide bonds. The van der Waals surface area contributed by atoms with Crippen LogP contribution in [0.2, 0.25) is 0 Å². The predicted octanol–water partition coefficient (Wildman–Crippen LogP) is 6.20. The number of rotatable bonds is 4. The van der Waals surface area contributed by atoms with E-state index in [1.165, 1.54) is 32.3 Å². The summed E-state index contributed by atoms with van der Waals surface area (Å²) in [6.45, 7) is 4.00. The van der Waals surface area contributed by atoms with E-state index in [1.807, 2.05) is 27.1 Å². The number of allylic oxidation sites excluding steroid dienone is 1. The summed E-state index contributed by atoms with van der Waals surface area (Å²) in [4.78, 5) is 13.1. The first-order valence-corrected chi connectivity index (χ1v) is 9.26. The summed E-state index contributed by atoms with van der Waals surface area (Å²) in [6.07, 6.45) is 4.74. The summed E-state index contributed by atoms with van der Waals surface area (Å²) in [5.74, 6) is -0.785. The number of aromatic nitrogens is 1. The molecule has 28 heavy (non-hydrogen) atoms. The lowest BCUT2D eigenvalue weighted by Gasteiger charge is -2.10. The highest BCUT2D eigenvalue weighted by Crippen LogP contribution is 2.35. The second-order valence-electron chi connectivity index (χ2n) is 5.38. The Balaban J connectivity index is 0.000000266. The van der Waals surface area contributed by atoms with Gasteiger partial charge in [-0.05, 0) is 41.8 Å². The molecule has 3 aromatic rings. The first-order valence-electron chi connectivity index (χ1n) is 8.68. The molecule has 0 spiro atoms. The second-order valence-corrected chi connectivity index (χ2v) is 6.11. The van der Waals surface area contributed by atoms with Crippen molar-refractivity contribution in [3.05, 3.63) is 71.7 Å². The topological polar surface area (TPSA) is 44.9 Å². The lowest BCUT2D eigenvalue weighted by molar-refractivity contribution is -0.104. The van der Waals surface area contributed by atoms with Gasteiger partial charge in [0, 0.05) is 35.6 Å². The number of anilines is 1. The molecule has 3 rings (SSSR count). The Morgan fingerprint density at radius 3 is 2.39 bits per heavy atom. The maximum absolute atomic E-state index is 13.2. The van der Waals surface area contributed by atoms with Gasteiger partial charge in [-0.15, -0.1) is 0 Å². The molecule has 1 atom stereocenters. The van der Waals surface area contributed by atoms with Crippen LogP contribution >= 0.6 is 9.24 Å². The number of H-pyrrole nitrogens is 1. The molecule has 3 nitrogen and oxygen atoms in total. The van der Waals surface area contributed by atoms with Gasteiger partial charge in [-0.1, -0.05) is 41.3 Å². The van der Waals surface area contributed by atoms with Crippen LogP contribution in [0.5, 0.6) is 0 Å². The Labute approximate surface area is 165 Å². The van der Waals surface area contributed by atoms with Gasteiger partial charge in [0.05, 0.1) is 0 Å². The van der Waals surface area contributed by atoms with Crippen LogP contribution in [-0.2, 0) is 10.5 Å². The van der Waals surface area contributed by atoms with E-state index in [-0.39, 0.29) is 5.56 Å². The van der Waals surface area contributed by atoms with E-state index in [0.717, 1.165) is 23.9 Å². The first kappa shape index (κ1) is 23.4. The van der Waals surface area contributed by atoms with E-state index in [1.54, 1.807) is 0 Å². The summed E-state index contributed by atoms with van der Waals surface area (Å²) < 4.78 is 38.7.